The van der Waals surface area contributed by atoms with Crippen molar-refractivity contribution in [3.05, 3.63) is 0 Å². The lowest BCUT2D eigenvalue weighted by atomic mass is 10.1. The molecule has 0 amide bonds. The molecule has 0 aliphatic heterocycles. The molecule has 0 aromatic rings. The molecule has 0 saturated heterocycles. The van der Waals surface area contributed by atoms with Gasteiger partial charge in [-0.05, 0) is 19.9 Å². The molecule has 0 aliphatic rings. The number of aliphatic carboxylic acids is 2. The number of carboxylic acid groups (broad SMARTS) is 2. The van der Waals surface area contributed by atoms with E-state index < -0.39 is 18.0 Å². The monoisotopic (exact) mass is 248 g/mol. The first-order valence-electron chi connectivity index (χ1n) is 4.96. The molecule has 0 heterocycles. The van der Waals surface area contributed by atoms with Crippen LogP contribution in [0.1, 0.15) is 19.8 Å². The average Bonchev–Trinajstić information content (AvgIpc) is 2.15. The zero-order chi connectivity index (χ0) is 13.8. The van der Waals surface area contributed by atoms with Gasteiger partial charge in [0.1, 0.15) is 6.04 Å². The largest absolute Gasteiger partial charge is 0.481 e. The third-order valence-corrected chi connectivity index (χ3v) is 1.59. The predicted molar refractivity (Wildman–Crippen MR) is 63.7 cm³/mol. The van der Waals surface area contributed by atoms with Crippen molar-refractivity contribution < 1.29 is 19.8 Å². The molecule has 0 unspecified atom stereocenters. The Labute approximate surface area is 99.7 Å². The summed E-state index contributed by atoms with van der Waals surface area (Å²) in [6.45, 7) is 1.55. The highest BCUT2D eigenvalue weighted by Gasteiger charge is 2.13. The minimum Gasteiger partial charge on any atom is -0.481 e. The quantitative estimate of drug-likeness (QED) is 0.225. The van der Waals surface area contributed by atoms with Gasteiger partial charge in [0.15, 0.2) is 5.96 Å². The molecule has 0 saturated carbocycles. The average molecular weight is 248 g/mol. The molecule has 0 rings (SSSR count). The Hall–Kier alpha value is -1.83. The van der Waals surface area contributed by atoms with E-state index in [4.69, 9.17) is 26.5 Å². The Morgan fingerprint density at radius 1 is 1.35 bits per heavy atom. The van der Waals surface area contributed by atoms with Crippen LogP contribution in [0.2, 0.25) is 0 Å². The fraction of sp³-hybridized carbons (Fsp3) is 0.667. The van der Waals surface area contributed by atoms with E-state index in [-0.39, 0.29) is 5.96 Å². The second-order valence-electron chi connectivity index (χ2n) is 3.15. The van der Waals surface area contributed by atoms with Gasteiger partial charge in [-0.2, -0.15) is 0 Å². The number of hydrogen-bond acceptors (Lipinski definition) is 4. The maximum absolute atomic E-state index is 10.5. The lowest BCUT2D eigenvalue weighted by molar-refractivity contribution is -0.139. The summed E-state index contributed by atoms with van der Waals surface area (Å²) in [5.74, 6) is -1.65. The van der Waals surface area contributed by atoms with Crippen LogP contribution in [0.4, 0.5) is 0 Å². The molecule has 8 heteroatoms. The van der Waals surface area contributed by atoms with Gasteiger partial charge >= 0.3 is 5.97 Å². The third-order valence-electron chi connectivity index (χ3n) is 1.59. The number of rotatable bonds is 6. The van der Waals surface area contributed by atoms with Gasteiger partial charge in [-0.3, -0.25) is 14.6 Å². The van der Waals surface area contributed by atoms with E-state index in [0.717, 1.165) is 6.92 Å². The fourth-order valence-electron chi connectivity index (χ4n) is 0.895. The van der Waals surface area contributed by atoms with Crippen LogP contribution in [-0.4, -0.2) is 47.7 Å². The van der Waals surface area contributed by atoms with Crippen LogP contribution in [0.3, 0.4) is 0 Å². The molecule has 1 atom stereocenters. The minimum absolute atomic E-state index is 0.0383. The molecule has 17 heavy (non-hydrogen) atoms. The summed E-state index contributed by atoms with van der Waals surface area (Å²) >= 11 is 0. The number of nitrogens with one attached hydrogen (secondary N) is 1. The molecule has 0 aromatic heterocycles. The van der Waals surface area contributed by atoms with E-state index in [0.29, 0.717) is 19.4 Å². The van der Waals surface area contributed by atoms with Crippen LogP contribution in [0.15, 0.2) is 4.99 Å². The second kappa shape index (κ2) is 10.7. The number of guanidine groups is 1. The Bertz CT molecular complexity index is 260. The molecule has 8 nitrogen and oxygen atoms in total. The number of nitrogens with zero attached hydrogens (tertiary/aromatic N) is 1. The van der Waals surface area contributed by atoms with Crippen molar-refractivity contribution in [2.24, 2.45) is 16.5 Å². The highest BCUT2D eigenvalue weighted by molar-refractivity contribution is 5.75. The van der Waals surface area contributed by atoms with Crippen molar-refractivity contribution in [3.8, 4) is 0 Å². The zero-order valence-corrected chi connectivity index (χ0v) is 10.0. The van der Waals surface area contributed by atoms with Crippen molar-refractivity contribution in [1.29, 1.82) is 0 Å². The highest BCUT2D eigenvalue weighted by Crippen LogP contribution is 1.96. The van der Waals surface area contributed by atoms with Crippen molar-refractivity contribution in [2.45, 2.75) is 25.8 Å². The van der Waals surface area contributed by atoms with Crippen LogP contribution in [-0.2, 0) is 9.59 Å². The molecule has 0 aromatic carbocycles. The van der Waals surface area contributed by atoms with E-state index in [1.54, 1.807) is 7.05 Å². The molecule has 0 spiro atoms. The summed E-state index contributed by atoms with van der Waals surface area (Å²) in [7, 11) is 1.61. The van der Waals surface area contributed by atoms with Crippen LogP contribution < -0.4 is 16.8 Å². The minimum atomic E-state index is -0.854. The van der Waals surface area contributed by atoms with Crippen LogP contribution in [0.25, 0.3) is 0 Å². The molecular formula is C9H20N4O4. The lowest BCUT2D eigenvalue weighted by Gasteiger charge is -2.09. The van der Waals surface area contributed by atoms with Gasteiger partial charge in [0.2, 0.25) is 0 Å². The molecule has 100 valence electrons. The maximum atomic E-state index is 10.5. The molecule has 0 radical (unpaired) electrons. The molecule has 7 N–H and O–H groups in total. The van der Waals surface area contributed by atoms with E-state index in [2.05, 4.69) is 10.3 Å². The zero-order valence-electron chi connectivity index (χ0n) is 10.0. The lowest BCUT2D eigenvalue weighted by Crippen LogP contribution is -2.33. The molecule has 0 fully saturated rings. The van der Waals surface area contributed by atoms with Gasteiger partial charge < -0.3 is 27.0 Å². The van der Waals surface area contributed by atoms with Gasteiger partial charge in [-0.1, -0.05) is 0 Å². The van der Waals surface area contributed by atoms with E-state index >= 15 is 0 Å². The second-order valence-corrected chi connectivity index (χ2v) is 3.15. The normalized spacial score (nSPS) is 10.7. The Morgan fingerprint density at radius 3 is 2.12 bits per heavy atom. The molecule has 0 bridgehead atoms. The SMILES string of the molecule is CC(=O)O.CN[C@@H](CCCN=C(N)N)C(=O)O. The van der Waals surface area contributed by atoms with E-state index in [1.807, 2.05) is 0 Å². The van der Waals surface area contributed by atoms with Crippen molar-refractivity contribution in [3.63, 3.8) is 0 Å². The number of hydrogen-bond donors (Lipinski definition) is 5. The summed E-state index contributed by atoms with van der Waals surface area (Å²) in [4.78, 5) is 23.3. The number of aliphatic imine (C=N–C) groups is 1. The standard InChI is InChI=1S/C7H16N4O2.C2H4O2/c1-10-5(6(12)13)3-2-4-11-7(8)9;1-2(3)4/h5,10H,2-4H2,1H3,(H,12,13)(H4,8,9,11);1H3,(H,3,4)/t5-;/m0./s1. The van der Waals surface area contributed by atoms with Gasteiger partial charge in [0, 0.05) is 13.5 Å². The van der Waals surface area contributed by atoms with Crippen molar-refractivity contribution >= 4 is 17.9 Å². The molecular weight excluding hydrogens is 228 g/mol. The smallest absolute Gasteiger partial charge is 0.320 e. The third kappa shape index (κ3) is 16.8. The van der Waals surface area contributed by atoms with Crippen LogP contribution >= 0.6 is 0 Å². The van der Waals surface area contributed by atoms with Crippen LogP contribution in [0.5, 0.6) is 0 Å². The number of nitrogens with two attached hydrogens (primary N) is 2. The van der Waals surface area contributed by atoms with Crippen molar-refractivity contribution in [2.75, 3.05) is 13.6 Å². The summed E-state index contributed by atoms with van der Waals surface area (Å²) in [6, 6.07) is -0.519. The summed E-state index contributed by atoms with van der Waals surface area (Å²) in [5.41, 5.74) is 10.2. The number of likely N-dealkylation sites (N-methyl/N-ethyl adjacent to an activating group) is 1. The number of carboxylic acids is 2. The van der Waals surface area contributed by atoms with Gasteiger partial charge in [0.05, 0.1) is 0 Å². The fourth-order valence-corrected chi connectivity index (χ4v) is 0.895. The van der Waals surface area contributed by atoms with E-state index in [1.165, 1.54) is 0 Å². The van der Waals surface area contributed by atoms with Crippen LogP contribution in [0, 0.1) is 0 Å². The summed E-state index contributed by atoms with van der Waals surface area (Å²) in [6.07, 6.45) is 1.16. The Kier molecular flexibility index (Phi) is 11.0. The summed E-state index contributed by atoms with van der Waals surface area (Å²) in [5, 5.41) is 18.7. The topological polar surface area (TPSA) is 151 Å². The van der Waals surface area contributed by atoms with E-state index in [9.17, 15) is 4.79 Å². The number of carbonyl (C=O) groups is 2. The summed E-state index contributed by atoms with van der Waals surface area (Å²) < 4.78 is 0. The molecule has 0 aliphatic carbocycles. The highest BCUT2D eigenvalue weighted by atomic mass is 16.4. The van der Waals surface area contributed by atoms with Gasteiger partial charge in [-0.15, -0.1) is 0 Å². The first-order valence-corrected chi connectivity index (χ1v) is 4.96. The van der Waals surface area contributed by atoms with Gasteiger partial charge in [0.25, 0.3) is 5.97 Å². The van der Waals surface area contributed by atoms with Gasteiger partial charge in [-0.25, -0.2) is 0 Å². The Morgan fingerprint density at radius 2 is 1.82 bits per heavy atom. The Balaban J connectivity index is 0. The maximum Gasteiger partial charge on any atom is 0.320 e. The predicted octanol–water partition coefficient (Wildman–Crippen LogP) is -1.20. The first-order chi connectivity index (χ1) is 7.81. The van der Waals surface area contributed by atoms with Crippen molar-refractivity contribution in [1.82, 2.24) is 5.32 Å². The first kappa shape index (κ1) is 17.6.